The van der Waals surface area contributed by atoms with Gasteiger partial charge < -0.3 is 8.98 Å². The van der Waals surface area contributed by atoms with Crippen molar-refractivity contribution in [2.45, 2.75) is 0 Å². The predicted octanol–water partition coefficient (Wildman–Crippen LogP) is 16.1. The summed E-state index contributed by atoms with van der Waals surface area (Å²) in [4.78, 5) is 15.7. The minimum atomic E-state index is 0.581. The van der Waals surface area contributed by atoms with E-state index >= 15 is 0 Å². The maximum atomic E-state index is 6.98. The number of rotatable bonds is 5. The van der Waals surface area contributed by atoms with Crippen molar-refractivity contribution in [3.8, 4) is 51.0 Å². The minimum absolute atomic E-state index is 0.581. The summed E-state index contributed by atoms with van der Waals surface area (Å²) in [5, 5.41) is 13.8. The van der Waals surface area contributed by atoms with Gasteiger partial charge in [0.05, 0.1) is 16.7 Å². The van der Waals surface area contributed by atoms with Gasteiger partial charge in [-0.2, -0.15) is 0 Å². The Morgan fingerprint density at radius 2 is 0.909 bits per heavy atom. The maximum Gasteiger partial charge on any atom is 0.164 e. The highest BCUT2D eigenvalue weighted by atomic mass is 16.3. The Morgan fingerprint density at radius 1 is 0.303 bits per heavy atom. The first kappa shape index (κ1) is 36.5. The van der Waals surface area contributed by atoms with Gasteiger partial charge in [0.2, 0.25) is 0 Å². The normalized spacial score (nSPS) is 11.9. The van der Waals surface area contributed by atoms with Gasteiger partial charge in [0.1, 0.15) is 11.2 Å². The second-order valence-electron chi connectivity index (χ2n) is 17.1. The van der Waals surface area contributed by atoms with Gasteiger partial charge in [-0.1, -0.05) is 176 Å². The molecule has 0 atom stereocenters. The van der Waals surface area contributed by atoms with E-state index in [1.807, 2.05) is 24.3 Å². The zero-order chi connectivity index (χ0) is 43.3. The van der Waals surface area contributed by atoms with E-state index in [0.29, 0.717) is 17.5 Å². The van der Waals surface area contributed by atoms with Crippen LogP contribution in [0.3, 0.4) is 0 Å². The number of aromatic nitrogens is 4. The number of furan rings is 1. The van der Waals surface area contributed by atoms with Crippen LogP contribution in [0.5, 0.6) is 0 Å². The zero-order valence-electron chi connectivity index (χ0n) is 35.5. The van der Waals surface area contributed by atoms with Crippen LogP contribution in [-0.2, 0) is 0 Å². The van der Waals surface area contributed by atoms with Gasteiger partial charge in [0.25, 0.3) is 0 Å². The van der Waals surface area contributed by atoms with Crippen molar-refractivity contribution in [3.63, 3.8) is 0 Å². The highest BCUT2D eigenvalue weighted by Gasteiger charge is 2.24. The molecule has 0 aliphatic rings. The topological polar surface area (TPSA) is 56.7 Å². The molecular weight excluding hydrogens is 805 g/mol. The van der Waals surface area contributed by atoms with E-state index in [0.717, 1.165) is 77.2 Å². The largest absolute Gasteiger partial charge is 0.456 e. The van der Waals surface area contributed by atoms with E-state index in [1.54, 1.807) is 0 Å². The second-order valence-corrected chi connectivity index (χ2v) is 17.1. The van der Waals surface area contributed by atoms with E-state index in [-0.39, 0.29) is 0 Å². The second kappa shape index (κ2) is 14.3. The lowest BCUT2D eigenvalue weighted by Gasteiger charge is -2.16. The third-order valence-electron chi connectivity index (χ3n) is 13.4. The van der Waals surface area contributed by atoms with Gasteiger partial charge in [-0.25, -0.2) is 15.0 Å². The fourth-order valence-electron chi connectivity index (χ4n) is 10.3. The smallest absolute Gasteiger partial charge is 0.164 e. The molecule has 5 nitrogen and oxygen atoms in total. The Bertz CT molecular complexity index is 4290. The molecule has 5 heteroatoms. The Balaban J connectivity index is 1.08. The fourth-order valence-corrected chi connectivity index (χ4v) is 10.3. The first-order valence-corrected chi connectivity index (χ1v) is 22.3. The summed E-state index contributed by atoms with van der Waals surface area (Å²) in [5.41, 5.74) is 9.79. The van der Waals surface area contributed by atoms with Crippen LogP contribution < -0.4 is 0 Å². The summed E-state index contributed by atoms with van der Waals surface area (Å²) in [6.45, 7) is 0. The molecule has 0 spiro atoms. The molecule has 3 heterocycles. The third-order valence-corrected chi connectivity index (χ3v) is 13.4. The van der Waals surface area contributed by atoms with Crippen molar-refractivity contribution < 1.29 is 4.42 Å². The molecule has 0 N–H and O–H groups in total. The molecule has 3 aromatic heterocycles. The molecule has 0 fully saturated rings. The highest BCUT2D eigenvalue weighted by molar-refractivity contribution is 6.24. The van der Waals surface area contributed by atoms with Gasteiger partial charge in [-0.15, -0.1) is 0 Å². The third kappa shape index (κ3) is 5.63. The van der Waals surface area contributed by atoms with Crippen molar-refractivity contribution in [1.29, 1.82) is 0 Å². The summed E-state index contributed by atoms with van der Waals surface area (Å²) in [6.07, 6.45) is 0. The quantitative estimate of drug-likeness (QED) is 0.173. The molecule has 0 radical (unpaired) electrons. The van der Waals surface area contributed by atoms with Crippen molar-refractivity contribution in [2.24, 2.45) is 0 Å². The van der Waals surface area contributed by atoms with Crippen LogP contribution in [-0.4, -0.2) is 19.5 Å². The van der Waals surface area contributed by atoms with Crippen LogP contribution >= 0.6 is 0 Å². The Kier molecular flexibility index (Phi) is 7.91. The molecule has 0 saturated heterocycles. The number of fused-ring (bicyclic) bond motifs is 11. The first-order chi connectivity index (χ1) is 32.7. The lowest BCUT2D eigenvalue weighted by Crippen LogP contribution is -2.01. The van der Waals surface area contributed by atoms with Crippen LogP contribution in [0.15, 0.2) is 223 Å². The summed E-state index contributed by atoms with van der Waals surface area (Å²) in [5.74, 6) is 1.81. The van der Waals surface area contributed by atoms with E-state index in [4.69, 9.17) is 19.4 Å². The minimum Gasteiger partial charge on any atom is -0.456 e. The maximum absolute atomic E-state index is 6.98. The van der Waals surface area contributed by atoms with E-state index in [2.05, 4.69) is 199 Å². The van der Waals surface area contributed by atoms with Gasteiger partial charge in [-0.3, -0.25) is 0 Å². The number of benzene rings is 11. The molecule has 66 heavy (non-hydrogen) atoms. The molecule has 14 rings (SSSR count). The SMILES string of the molecule is c1ccc(-c2nc(-c3cccc4ccccc34)nc(-c3cccc4oc5cc(-n6c7cc8ccccc8cc7c7c8ccccc8ccc76)c(-c6ccc7ccccc7c6)cc5c34)n2)cc1. The number of hydrogen-bond donors (Lipinski definition) is 0. The first-order valence-electron chi connectivity index (χ1n) is 22.3. The molecule has 0 unspecified atom stereocenters. The van der Waals surface area contributed by atoms with E-state index in [9.17, 15) is 0 Å². The number of hydrogen-bond acceptors (Lipinski definition) is 4. The highest BCUT2D eigenvalue weighted by Crippen LogP contribution is 2.45. The summed E-state index contributed by atoms with van der Waals surface area (Å²) >= 11 is 0. The van der Waals surface area contributed by atoms with Crippen LogP contribution in [0.1, 0.15) is 0 Å². The number of nitrogens with zero attached hydrogens (tertiary/aromatic N) is 4. The lowest BCUT2D eigenvalue weighted by molar-refractivity contribution is 0.668. The lowest BCUT2D eigenvalue weighted by atomic mass is 9.96. The molecule has 0 aliphatic heterocycles. The van der Waals surface area contributed by atoms with Crippen molar-refractivity contribution in [1.82, 2.24) is 19.5 Å². The standard InChI is InChI=1S/C61H36N4O/c1-2-17-40(18-3-1)59-62-60(47-25-12-22-38-15-8-10-23-45(38)47)64-61(63-59)48-26-13-27-55-58(48)51-35-49(44-29-28-37-14-4-5-19-41(37)32-44)54(36-56(51)66-55)65-52-31-30-39-16-9-11-24-46(39)57(52)50-33-42-20-6-7-21-43(42)34-53(50)65/h1-36H. The van der Waals surface area contributed by atoms with Crippen LogP contribution in [0.4, 0.5) is 0 Å². The van der Waals surface area contributed by atoms with Gasteiger partial charge in [0.15, 0.2) is 17.5 Å². The Hall–Kier alpha value is -8.93. The average Bonchev–Trinajstić information content (AvgIpc) is 3.92. The summed E-state index contributed by atoms with van der Waals surface area (Å²) in [6, 6.07) is 77.6. The average molecular weight is 841 g/mol. The van der Waals surface area contributed by atoms with Crippen LogP contribution in [0.2, 0.25) is 0 Å². The molecule has 0 saturated carbocycles. The van der Waals surface area contributed by atoms with Crippen molar-refractivity contribution in [2.75, 3.05) is 0 Å². The molecule has 0 aliphatic carbocycles. The summed E-state index contributed by atoms with van der Waals surface area (Å²) < 4.78 is 9.44. The monoisotopic (exact) mass is 840 g/mol. The van der Waals surface area contributed by atoms with Gasteiger partial charge in [0, 0.05) is 49.9 Å². The molecule has 14 aromatic rings. The molecule has 306 valence electrons. The Labute approximate surface area is 378 Å². The zero-order valence-corrected chi connectivity index (χ0v) is 35.5. The Morgan fingerprint density at radius 3 is 1.73 bits per heavy atom. The van der Waals surface area contributed by atoms with Crippen LogP contribution in [0.25, 0.3) is 138 Å². The predicted molar refractivity (Wildman–Crippen MR) is 273 cm³/mol. The van der Waals surface area contributed by atoms with E-state index < -0.39 is 0 Å². The molecule has 0 bridgehead atoms. The van der Waals surface area contributed by atoms with Gasteiger partial charge >= 0.3 is 0 Å². The molecule has 0 amide bonds. The molecule has 11 aromatic carbocycles. The van der Waals surface area contributed by atoms with Crippen LogP contribution in [0, 0.1) is 0 Å². The summed E-state index contributed by atoms with van der Waals surface area (Å²) in [7, 11) is 0. The molecular formula is C61H36N4O. The van der Waals surface area contributed by atoms with E-state index in [1.165, 1.54) is 43.1 Å². The van der Waals surface area contributed by atoms with Gasteiger partial charge in [-0.05, 0) is 85.1 Å². The fraction of sp³-hybridized carbons (Fsp3) is 0. The van der Waals surface area contributed by atoms with Crippen molar-refractivity contribution >= 4 is 86.8 Å². The van der Waals surface area contributed by atoms with Crippen molar-refractivity contribution in [3.05, 3.63) is 218 Å².